The molecule has 12 heteroatoms. The molecule has 5 nitrogen and oxygen atoms in total. The molecule has 2 N–H and O–H groups in total. The number of rotatable bonds is 7. The van der Waals surface area contributed by atoms with E-state index in [1.54, 1.807) is 11.3 Å². The standard InChI is InChI=1S/C27H34F6N4OS/c1-16(2)25(23(38)35-14-17-10-19(26(28,29)30)12-20(11-17)27(31,32)33)7-4-21(13-25)37-8-5-18(6-9-37)22-15-39-24(34-3)36-22/h10-12,15-16,18,21H,4-9,13-14H2,1-3H3,(H,34,36)(H,35,38)/t21-,25+/m1/s1. The first-order valence-corrected chi connectivity index (χ1v) is 14.0. The number of carbonyl (C=O) groups is 1. The van der Waals surface area contributed by atoms with Gasteiger partial charge in [0.05, 0.1) is 22.2 Å². The molecule has 2 heterocycles. The lowest BCUT2D eigenvalue weighted by atomic mass is 9.74. The van der Waals surface area contributed by atoms with E-state index in [-0.39, 0.29) is 29.5 Å². The molecule has 0 bridgehead atoms. The third-order valence-corrected chi connectivity index (χ3v) is 9.26. The fraction of sp³-hybridized carbons (Fsp3) is 0.630. The van der Waals surface area contributed by atoms with Crippen molar-refractivity contribution in [2.45, 2.75) is 76.8 Å². The second-order valence-corrected chi connectivity index (χ2v) is 11.8. The van der Waals surface area contributed by atoms with Gasteiger partial charge in [0.15, 0.2) is 5.13 Å². The van der Waals surface area contributed by atoms with Crippen LogP contribution in [-0.2, 0) is 23.7 Å². The zero-order chi connectivity index (χ0) is 28.6. The molecule has 1 aromatic heterocycles. The zero-order valence-electron chi connectivity index (χ0n) is 22.2. The van der Waals surface area contributed by atoms with Crippen molar-refractivity contribution < 1.29 is 31.1 Å². The summed E-state index contributed by atoms with van der Waals surface area (Å²) in [6.07, 6.45) is -5.87. The smallest absolute Gasteiger partial charge is 0.365 e. The van der Waals surface area contributed by atoms with Crippen molar-refractivity contribution in [3.05, 3.63) is 46.0 Å². The monoisotopic (exact) mass is 576 g/mol. The molecule has 1 aliphatic heterocycles. The Hall–Kier alpha value is -2.34. The number of nitrogens with one attached hydrogen (secondary N) is 2. The van der Waals surface area contributed by atoms with Gasteiger partial charge in [0.1, 0.15) is 0 Å². The lowest BCUT2D eigenvalue weighted by Gasteiger charge is -2.37. The number of thiazole rings is 1. The van der Waals surface area contributed by atoms with Crippen LogP contribution in [0.3, 0.4) is 0 Å². The van der Waals surface area contributed by atoms with E-state index in [2.05, 4.69) is 25.9 Å². The maximum atomic E-state index is 13.5. The van der Waals surface area contributed by atoms with E-state index < -0.39 is 35.4 Å². The fourth-order valence-corrected chi connectivity index (χ4v) is 6.74. The fourth-order valence-electron chi connectivity index (χ4n) is 5.98. The molecule has 4 rings (SSSR count). The number of piperidine rings is 1. The third kappa shape index (κ3) is 6.53. The highest BCUT2D eigenvalue weighted by atomic mass is 32.1. The van der Waals surface area contributed by atoms with Gasteiger partial charge >= 0.3 is 12.4 Å². The topological polar surface area (TPSA) is 57.3 Å². The van der Waals surface area contributed by atoms with Gasteiger partial charge in [-0.05, 0) is 74.9 Å². The molecule has 1 saturated heterocycles. The Morgan fingerprint density at radius 2 is 1.69 bits per heavy atom. The average Bonchev–Trinajstić information content (AvgIpc) is 3.55. The Kier molecular flexibility index (Phi) is 8.56. The highest BCUT2D eigenvalue weighted by molar-refractivity contribution is 7.13. The zero-order valence-corrected chi connectivity index (χ0v) is 23.0. The number of amides is 1. The summed E-state index contributed by atoms with van der Waals surface area (Å²) in [6.45, 7) is 5.27. The van der Waals surface area contributed by atoms with E-state index in [1.165, 1.54) is 0 Å². The van der Waals surface area contributed by atoms with Gasteiger partial charge in [-0.3, -0.25) is 4.79 Å². The van der Waals surface area contributed by atoms with Gasteiger partial charge in [0.2, 0.25) is 5.91 Å². The number of halogens is 6. The molecule has 2 aliphatic rings. The molecule has 2 atom stereocenters. The molecule has 1 saturated carbocycles. The second kappa shape index (κ2) is 11.3. The van der Waals surface area contributed by atoms with Gasteiger partial charge in [-0.2, -0.15) is 26.3 Å². The molecule has 0 radical (unpaired) electrons. The van der Waals surface area contributed by atoms with Gasteiger partial charge < -0.3 is 15.5 Å². The van der Waals surface area contributed by atoms with E-state index in [1.807, 2.05) is 20.9 Å². The minimum Gasteiger partial charge on any atom is -0.365 e. The summed E-state index contributed by atoms with van der Waals surface area (Å²) < 4.78 is 79.4. The van der Waals surface area contributed by atoms with Crippen LogP contribution in [-0.4, -0.2) is 42.0 Å². The van der Waals surface area contributed by atoms with Crippen LogP contribution in [0.15, 0.2) is 23.6 Å². The molecule has 216 valence electrons. The Morgan fingerprint density at radius 3 is 2.21 bits per heavy atom. The number of hydrogen-bond acceptors (Lipinski definition) is 5. The summed E-state index contributed by atoms with van der Waals surface area (Å²) in [5.74, 6) is 0.0402. The van der Waals surface area contributed by atoms with Crippen LogP contribution < -0.4 is 10.6 Å². The van der Waals surface area contributed by atoms with Crippen LogP contribution in [0.5, 0.6) is 0 Å². The molecule has 1 amide bonds. The predicted molar refractivity (Wildman–Crippen MR) is 138 cm³/mol. The van der Waals surface area contributed by atoms with Crippen molar-refractivity contribution >= 4 is 22.4 Å². The first-order chi connectivity index (χ1) is 18.2. The highest BCUT2D eigenvalue weighted by Crippen LogP contribution is 2.47. The second-order valence-electron chi connectivity index (χ2n) is 10.9. The lowest BCUT2D eigenvalue weighted by Crippen LogP contribution is -2.45. The summed E-state index contributed by atoms with van der Waals surface area (Å²) in [5, 5.41) is 8.74. The van der Waals surface area contributed by atoms with Gasteiger partial charge in [-0.1, -0.05) is 13.8 Å². The Labute approximate surface area is 228 Å². The van der Waals surface area contributed by atoms with Crippen LogP contribution in [0.4, 0.5) is 31.5 Å². The van der Waals surface area contributed by atoms with Gasteiger partial charge in [0.25, 0.3) is 0 Å². The Morgan fingerprint density at radius 1 is 1.08 bits per heavy atom. The molecular weight excluding hydrogens is 542 g/mol. The van der Waals surface area contributed by atoms with E-state index in [9.17, 15) is 31.1 Å². The molecule has 1 aliphatic carbocycles. The summed E-state index contributed by atoms with van der Waals surface area (Å²) >= 11 is 1.59. The van der Waals surface area contributed by atoms with Crippen LogP contribution in [0.25, 0.3) is 0 Å². The van der Waals surface area contributed by atoms with E-state index in [0.29, 0.717) is 30.9 Å². The van der Waals surface area contributed by atoms with Crippen LogP contribution >= 0.6 is 11.3 Å². The third-order valence-electron chi connectivity index (χ3n) is 8.38. The minimum atomic E-state index is -4.93. The molecule has 1 aromatic carbocycles. The number of benzene rings is 1. The molecule has 39 heavy (non-hydrogen) atoms. The minimum absolute atomic E-state index is 0.0396. The highest BCUT2D eigenvalue weighted by Gasteiger charge is 2.49. The van der Waals surface area contributed by atoms with Crippen molar-refractivity contribution in [3.8, 4) is 0 Å². The largest absolute Gasteiger partial charge is 0.416 e. The quantitative estimate of drug-likeness (QED) is 0.352. The summed E-state index contributed by atoms with van der Waals surface area (Å²) in [6, 6.07) is 1.63. The maximum Gasteiger partial charge on any atom is 0.416 e. The SMILES string of the molecule is CNc1nc(C2CCN([C@@H]3CC[C@@](C(=O)NCc4cc(C(F)(F)F)cc(C(F)(F)F)c4)(C(C)C)C3)CC2)cs1. The first-order valence-electron chi connectivity index (χ1n) is 13.2. The number of likely N-dealkylation sites (tertiary alicyclic amines) is 1. The lowest BCUT2D eigenvalue weighted by molar-refractivity contribution is -0.143. The predicted octanol–water partition coefficient (Wildman–Crippen LogP) is 6.91. The molecule has 2 fully saturated rings. The average molecular weight is 577 g/mol. The normalized spacial score (nSPS) is 23.4. The number of alkyl halides is 6. The van der Waals surface area contributed by atoms with E-state index in [4.69, 9.17) is 0 Å². The number of carbonyl (C=O) groups excluding carboxylic acids is 1. The summed E-state index contributed by atoms with van der Waals surface area (Å²) in [7, 11) is 1.85. The number of nitrogens with zero attached hydrogens (tertiary/aromatic N) is 2. The Balaban J connectivity index is 1.41. The Bertz CT molecular complexity index is 1120. The number of hydrogen-bond donors (Lipinski definition) is 2. The van der Waals surface area contributed by atoms with Crippen molar-refractivity contribution in [1.29, 1.82) is 0 Å². The summed E-state index contributed by atoms with van der Waals surface area (Å²) in [5.41, 5.74) is -2.63. The number of anilines is 1. The van der Waals surface area contributed by atoms with Crippen molar-refractivity contribution in [2.75, 3.05) is 25.5 Å². The molecule has 0 unspecified atom stereocenters. The molecule has 0 spiro atoms. The van der Waals surface area contributed by atoms with Crippen molar-refractivity contribution in [2.24, 2.45) is 11.3 Å². The van der Waals surface area contributed by atoms with Crippen LogP contribution in [0.2, 0.25) is 0 Å². The summed E-state index contributed by atoms with van der Waals surface area (Å²) in [4.78, 5) is 20.5. The molecular formula is C27H34F6N4OS. The van der Waals surface area contributed by atoms with Crippen molar-refractivity contribution in [3.63, 3.8) is 0 Å². The molecule has 2 aromatic rings. The van der Waals surface area contributed by atoms with Crippen molar-refractivity contribution in [1.82, 2.24) is 15.2 Å². The van der Waals surface area contributed by atoms with Gasteiger partial charge in [-0.25, -0.2) is 4.98 Å². The van der Waals surface area contributed by atoms with Crippen LogP contribution in [0.1, 0.15) is 74.3 Å². The number of aromatic nitrogens is 1. The van der Waals surface area contributed by atoms with E-state index in [0.717, 1.165) is 43.2 Å². The first kappa shape index (κ1) is 29.6. The van der Waals surface area contributed by atoms with Gasteiger partial charge in [0, 0.05) is 30.9 Å². The van der Waals surface area contributed by atoms with Gasteiger partial charge in [-0.15, -0.1) is 11.3 Å². The van der Waals surface area contributed by atoms with E-state index >= 15 is 0 Å². The van der Waals surface area contributed by atoms with Crippen LogP contribution in [0, 0.1) is 11.3 Å². The maximum absolute atomic E-state index is 13.5.